The maximum Gasteiger partial charge on any atom is 0.251 e. The lowest BCUT2D eigenvalue weighted by Gasteiger charge is -2.34. The fourth-order valence-corrected chi connectivity index (χ4v) is 6.57. The first-order valence-corrected chi connectivity index (χ1v) is 13.5. The minimum absolute atomic E-state index is 0.0929. The molecule has 0 aliphatic carbocycles. The molecule has 0 saturated carbocycles. The molecule has 6 rings (SSSR count). The first kappa shape index (κ1) is 23.1. The van der Waals surface area contributed by atoms with Crippen LogP contribution in [0.25, 0.3) is 20.8 Å². The van der Waals surface area contributed by atoms with E-state index in [1.54, 1.807) is 11.3 Å². The van der Waals surface area contributed by atoms with E-state index in [4.69, 9.17) is 4.98 Å². The van der Waals surface area contributed by atoms with Gasteiger partial charge >= 0.3 is 0 Å². The van der Waals surface area contributed by atoms with Crippen molar-refractivity contribution in [1.29, 1.82) is 0 Å². The van der Waals surface area contributed by atoms with Crippen molar-refractivity contribution in [1.82, 2.24) is 9.88 Å². The van der Waals surface area contributed by atoms with Gasteiger partial charge in [-0.1, -0.05) is 36.4 Å². The number of imide groups is 1. The van der Waals surface area contributed by atoms with Gasteiger partial charge in [-0.15, -0.1) is 11.3 Å². The number of rotatable bonds is 5. The van der Waals surface area contributed by atoms with E-state index in [0.717, 1.165) is 53.1 Å². The largest absolute Gasteiger partial charge is 0.292 e. The van der Waals surface area contributed by atoms with Gasteiger partial charge in [-0.05, 0) is 92.7 Å². The summed E-state index contributed by atoms with van der Waals surface area (Å²) >= 11 is 1.66. The fourth-order valence-electron chi connectivity index (χ4n) is 5.50. The molecule has 5 nitrogen and oxygen atoms in total. The Morgan fingerprint density at radius 2 is 1.69 bits per heavy atom. The van der Waals surface area contributed by atoms with Crippen LogP contribution in [0.2, 0.25) is 0 Å². The van der Waals surface area contributed by atoms with Crippen LogP contribution in [0.4, 0.5) is 5.69 Å². The lowest BCUT2D eigenvalue weighted by Crippen LogP contribution is -2.46. The Hall–Kier alpha value is -3.35. The molecule has 0 spiro atoms. The Morgan fingerprint density at radius 1 is 0.944 bits per heavy atom. The van der Waals surface area contributed by atoms with Crippen molar-refractivity contribution in [3.8, 4) is 10.6 Å². The van der Waals surface area contributed by atoms with E-state index in [1.165, 1.54) is 16.0 Å². The van der Waals surface area contributed by atoms with Crippen LogP contribution in [0.3, 0.4) is 0 Å². The van der Waals surface area contributed by atoms with Crippen molar-refractivity contribution in [3.63, 3.8) is 0 Å². The minimum atomic E-state index is -0.345. The van der Waals surface area contributed by atoms with Crippen molar-refractivity contribution >= 4 is 39.1 Å². The number of thiazole rings is 1. The van der Waals surface area contributed by atoms with Crippen molar-refractivity contribution < 1.29 is 9.59 Å². The molecule has 1 atom stereocenters. The number of aromatic nitrogens is 1. The Bertz CT molecular complexity index is 1410. The van der Waals surface area contributed by atoms with Crippen LogP contribution in [-0.4, -0.2) is 40.8 Å². The van der Waals surface area contributed by atoms with E-state index < -0.39 is 0 Å². The van der Waals surface area contributed by atoms with Crippen LogP contribution in [0.5, 0.6) is 0 Å². The lowest BCUT2D eigenvalue weighted by atomic mass is 9.89. The predicted molar refractivity (Wildman–Crippen MR) is 145 cm³/mol. The zero-order chi connectivity index (χ0) is 24.6. The molecule has 2 fully saturated rings. The number of nitrogens with zero attached hydrogens (tertiary/aromatic N) is 3. The SMILES string of the molecule is Cc1ccc2nc(-c3ccc(N4C(=O)C[C@@H](N5CCC(Cc6ccccc6)CC5)C4=O)cc3)sc2c1. The summed E-state index contributed by atoms with van der Waals surface area (Å²) in [5.74, 6) is 0.426. The molecule has 0 N–H and O–H groups in total. The molecule has 2 amide bonds. The third-order valence-corrected chi connectivity index (χ3v) is 8.56. The minimum Gasteiger partial charge on any atom is -0.292 e. The summed E-state index contributed by atoms with van der Waals surface area (Å²) in [5.41, 5.74) is 5.22. The molecule has 2 aliphatic heterocycles. The quantitative estimate of drug-likeness (QED) is 0.326. The number of piperidine rings is 1. The second-order valence-corrected chi connectivity index (χ2v) is 11.0. The van der Waals surface area contributed by atoms with Gasteiger partial charge in [0.15, 0.2) is 0 Å². The van der Waals surface area contributed by atoms with Crippen LogP contribution in [0.1, 0.15) is 30.4 Å². The molecule has 0 unspecified atom stereocenters. The van der Waals surface area contributed by atoms with E-state index in [9.17, 15) is 9.59 Å². The molecular formula is C30H29N3O2S. The highest BCUT2D eigenvalue weighted by molar-refractivity contribution is 7.21. The van der Waals surface area contributed by atoms with Gasteiger partial charge in [-0.2, -0.15) is 0 Å². The number of anilines is 1. The highest BCUT2D eigenvalue weighted by atomic mass is 32.1. The monoisotopic (exact) mass is 495 g/mol. The maximum absolute atomic E-state index is 13.3. The van der Waals surface area contributed by atoms with Crippen molar-refractivity contribution in [2.45, 2.75) is 38.6 Å². The molecule has 6 heteroatoms. The second-order valence-electron chi connectivity index (χ2n) is 9.99. The van der Waals surface area contributed by atoms with E-state index >= 15 is 0 Å². The Labute approximate surface area is 215 Å². The smallest absolute Gasteiger partial charge is 0.251 e. The molecule has 2 aliphatic rings. The Balaban J connectivity index is 1.12. The van der Waals surface area contributed by atoms with Gasteiger partial charge < -0.3 is 0 Å². The zero-order valence-corrected chi connectivity index (χ0v) is 21.2. The third kappa shape index (κ3) is 4.47. The molecule has 36 heavy (non-hydrogen) atoms. The van der Waals surface area contributed by atoms with E-state index in [1.807, 2.05) is 30.3 Å². The van der Waals surface area contributed by atoms with Gasteiger partial charge in [-0.3, -0.25) is 14.5 Å². The van der Waals surface area contributed by atoms with Gasteiger partial charge in [0.25, 0.3) is 5.91 Å². The molecule has 3 heterocycles. The molecule has 0 bridgehead atoms. The van der Waals surface area contributed by atoms with Gasteiger partial charge in [0.1, 0.15) is 5.01 Å². The van der Waals surface area contributed by atoms with Crippen molar-refractivity contribution in [2.24, 2.45) is 5.92 Å². The number of benzene rings is 3. The van der Waals surface area contributed by atoms with E-state index in [0.29, 0.717) is 11.6 Å². The predicted octanol–water partition coefficient (Wildman–Crippen LogP) is 5.86. The van der Waals surface area contributed by atoms with Crippen LogP contribution in [0.15, 0.2) is 72.8 Å². The summed E-state index contributed by atoms with van der Waals surface area (Å²) in [4.78, 5) is 34.6. The molecule has 4 aromatic rings. The third-order valence-electron chi connectivity index (χ3n) is 7.50. The highest BCUT2D eigenvalue weighted by Gasteiger charge is 2.43. The van der Waals surface area contributed by atoms with Crippen LogP contribution in [-0.2, 0) is 16.0 Å². The number of likely N-dealkylation sites (tertiary alicyclic amines) is 1. The summed E-state index contributed by atoms with van der Waals surface area (Å²) in [6, 6.07) is 24.2. The number of amides is 2. The van der Waals surface area contributed by atoms with Gasteiger partial charge in [0.05, 0.1) is 28.4 Å². The number of aryl methyl sites for hydroxylation is 1. The molecule has 182 valence electrons. The van der Waals surface area contributed by atoms with Crippen molar-refractivity contribution in [3.05, 3.63) is 83.9 Å². The maximum atomic E-state index is 13.3. The lowest BCUT2D eigenvalue weighted by molar-refractivity contribution is -0.123. The number of carbonyl (C=O) groups is 2. The summed E-state index contributed by atoms with van der Waals surface area (Å²) in [6.07, 6.45) is 3.46. The van der Waals surface area contributed by atoms with Gasteiger partial charge in [0.2, 0.25) is 5.91 Å². The molecular weight excluding hydrogens is 466 g/mol. The molecule has 3 aromatic carbocycles. The number of hydrogen-bond donors (Lipinski definition) is 0. The Kier molecular flexibility index (Phi) is 6.15. The zero-order valence-electron chi connectivity index (χ0n) is 20.4. The average molecular weight is 496 g/mol. The van der Waals surface area contributed by atoms with Crippen LogP contribution in [0, 0.1) is 12.8 Å². The highest BCUT2D eigenvalue weighted by Crippen LogP contribution is 2.34. The fraction of sp³-hybridized carbons (Fsp3) is 0.300. The standard InChI is InChI=1S/C30H29N3O2S/c1-20-7-12-25-27(17-20)36-29(31-25)23-8-10-24(11-9-23)33-28(34)19-26(30(33)35)32-15-13-22(14-16-32)18-21-5-3-2-4-6-21/h2-12,17,22,26H,13-16,18-19H2,1H3/t26-/m1/s1. The first-order valence-electron chi connectivity index (χ1n) is 12.7. The average Bonchev–Trinajstić information content (AvgIpc) is 3.45. The topological polar surface area (TPSA) is 53.5 Å². The van der Waals surface area contributed by atoms with Gasteiger partial charge in [0, 0.05) is 5.56 Å². The molecule has 0 radical (unpaired) electrons. The summed E-state index contributed by atoms with van der Waals surface area (Å²) < 4.78 is 1.16. The Morgan fingerprint density at radius 3 is 2.44 bits per heavy atom. The summed E-state index contributed by atoms with van der Waals surface area (Å²) in [5, 5.41) is 0.942. The number of hydrogen-bond acceptors (Lipinski definition) is 5. The van der Waals surface area contributed by atoms with E-state index in [2.05, 4.69) is 54.3 Å². The number of carbonyl (C=O) groups excluding carboxylic acids is 2. The first-order chi connectivity index (χ1) is 17.5. The molecule has 1 aromatic heterocycles. The summed E-state index contributed by atoms with van der Waals surface area (Å²) in [7, 11) is 0. The molecule has 2 saturated heterocycles. The van der Waals surface area contributed by atoms with Crippen molar-refractivity contribution in [2.75, 3.05) is 18.0 Å². The second kappa shape index (κ2) is 9.60. The van der Waals surface area contributed by atoms with Crippen LogP contribution >= 0.6 is 11.3 Å². The van der Waals surface area contributed by atoms with Gasteiger partial charge in [-0.25, -0.2) is 9.88 Å². The normalized spacial score (nSPS) is 19.5. The number of fused-ring (bicyclic) bond motifs is 1. The van der Waals surface area contributed by atoms with E-state index in [-0.39, 0.29) is 24.3 Å². The van der Waals surface area contributed by atoms with Crippen LogP contribution < -0.4 is 4.90 Å². The summed E-state index contributed by atoms with van der Waals surface area (Å²) in [6.45, 7) is 3.81.